The second kappa shape index (κ2) is 11.0. The number of nitrogens with one attached hydrogen (secondary N) is 1. The fourth-order valence-electron chi connectivity index (χ4n) is 3.34. The van der Waals surface area contributed by atoms with Crippen LogP contribution in [0.25, 0.3) is 0 Å². The molecule has 1 atom stereocenters. The molecular formula is C20H32N4O3. The van der Waals surface area contributed by atoms with Crippen LogP contribution in [0.3, 0.4) is 0 Å². The van der Waals surface area contributed by atoms with Gasteiger partial charge in [0.05, 0.1) is 6.61 Å². The summed E-state index contributed by atoms with van der Waals surface area (Å²) in [5.41, 5.74) is 7.06. The van der Waals surface area contributed by atoms with Gasteiger partial charge in [-0.2, -0.15) is 0 Å². The Morgan fingerprint density at radius 1 is 1.30 bits per heavy atom. The number of methoxy groups -OCH3 is 1. The van der Waals surface area contributed by atoms with E-state index in [4.69, 9.17) is 10.5 Å². The Bertz CT molecular complexity index is 588. The van der Waals surface area contributed by atoms with Crippen LogP contribution in [0.5, 0.6) is 0 Å². The highest BCUT2D eigenvalue weighted by atomic mass is 16.5. The summed E-state index contributed by atoms with van der Waals surface area (Å²) in [6.07, 6.45) is 1.36. The molecule has 0 aliphatic carbocycles. The van der Waals surface area contributed by atoms with Crippen molar-refractivity contribution in [3.05, 3.63) is 35.9 Å². The predicted octanol–water partition coefficient (Wildman–Crippen LogP) is 0.447. The van der Waals surface area contributed by atoms with Gasteiger partial charge in [0, 0.05) is 45.8 Å². The van der Waals surface area contributed by atoms with Crippen molar-refractivity contribution in [2.75, 3.05) is 46.9 Å². The van der Waals surface area contributed by atoms with Crippen LogP contribution >= 0.6 is 0 Å². The minimum Gasteiger partial charge on any atom is -0.383 e. The summed E-state index contributed by atoms with van der Waals surface area (Å²) in [6, 6.07) is 9.65. The first-order chi connectivity index (χ1) is 13.0. The third-order valence-corrected chi connectivity index (χ3v) is 4.93. The highest BCUT2D eigenvalue weighted by Gasteiger charge is 2.29. The first-order valence-electron chi connectivity index (χ1n) is 9.54. The summed E-state index contributed by atoms with van der Waals surface area (Å²) in [4.78, 5) is 28.5. The lowest BCUT2D eigenvalue weighted by molar-refractivity contribution is -0.137. The molecule has 1 aliphatic rings. The topological polar surface area (TPSA) is 87.9 Å². The van der Waals surface area contributed by atoms with Crippen molar-refractivity contribution in [3.63, 3.8) is 0 Å². The second-order valence-corrected chi connectivity index (χ2v) is 7.18. The number of nitrogens with two attached hydrogens (primary N) is 1. The summed E-state index contributed by atoms with van der Waals surface area (Å²) >= 11 is 0. The van der Waals surface area contributed by atoms with Gasteiger partial charge in [0.2, 0.25) is 11.8 Å². The number of benzene rings is 1. The lowest BCUT2D eigenvalue weighted by Gasteiger charge is -2.32. The summed E-state index contributed by atoms with van der Waals surface area (Å²) in [7, 11) is 3.58. The molecule has 1 unspecified atom stereocenters. The molecule has 27 heavy (non-hydrogen) atoms. The predicted molar refractivity (Wildman–Crippen MR) is 105 cm³/mol. The highest BCUT2D eigenvalue weighted by Crippen LogP contribution is 2.18. The van der Waals surface area contributed by atoms with Crippen molar-refractivity contribution < 1.29 is 14.3 Å². The molecule has 3 N–H and O–H groups in total. The highest BCUT2D eigenvalue weighted by molar-refractivity contribution is 5.83. The largest absolute Gasteiger partial charge is 0.383 e. The molecule has 7 heteroatoms. The van der Waals surface area contributed by atoms with E-state index in [1.54, 1.807) is 4.90 Å². The minimum atomic E-state index is -0.625. The van der Waals surface area contributed by atoms with Crippen LogP contribution in [0.15, 0.2) is 30.3 Å². The van der Waals surface area contributed by atoms with Crippen molar-refractivity contribution in [1.29, 1.82) is 0 Å². The summed E-state index contributed by atoms with van der Waals surface area (Å²) in [6.45, 7) is 3.64. The normalized spacial score (nSPS) is 16.4. The molecule has 0 spiro atoms. The van der Waals surface area contributed by atoms with Gasteiger partial charge in [0.1, 0.15) is 6.04 Å². The number of hydrogen-bond donors (Lipinski definition) is 2. The first kappa shape index (κ1) is 21.3. The molecule has 1 heterocycles. The van der Waals surface area contributed by atoms with E-state index in [0.29, 0.717) is 32.5 Å². The van der Waals surface area contributed by atoms with Gasteiger partial charge in [-0.15, -0.1) is 0 Å². The monoisotopic (exact) mass is 376 g/mol. The lowest BCUT2D eigenvalue weighted by Crippen LogP contribution is -2.50. The van der Waals surface area contributed by atoms with Gasteiger partial charge < -0.3 is 25.6 Å². The molecule has 2 amide bonds. The molecule has 0 radical (unpaired) electrons. The summed E-state index contributed by atoms with van der Waals surface area (Å²) < 4.78 is 4.94. The molecule has 0 bridgehead atoms. The van der Waals surface area contributed by atoms with Gasteiger partial charge >= 0.3 is 0 Å². The van der Waals surface area contributed by atoms with E-state index in [1.165, 1.54) is 12.7 Å². The van der Waals surface area contributed by atoms with E-state index in [2.05, 4.69) is 22.3 Å². The maximum absolute atomic E-state index is 12.4. The van der Waals surface area contributed by atoms with Gasteiger partial charge in [-0.05, 0) is 25.5 Å². The third kappa shape index (κ3) is 6.93. The smallest absolute Gasteiger partial charge is 0.241 e. The Morgan fingerprint density at radius 3 is 2.59 bits per heavy atom. The number of likely N-dealkylation sites (tertiary alicyclic amines) is 1. The van der Waals surface area contributed by atoms with Gasteiger partial charge in [-0.25, -0.2) is 0 Å². The molecule has 7 nitrogen and oxygen atoms in total. The number of nitrogens with zero attached hydrogens (tertiary/aromatic N) is 2. The first-order valence-corrected chi connectivity index (χ1v) is 9.54. The van der Waals surface area contributed by atoms with Gasteiger partial charge in [-0.3, -0.25) is 9.59 Å². The van der Waals surface area contributed by atoms with E-state index < -0.39 is 6.04 Å². The summed E-state index contributed by atoms with van der Waals surface area (Å²) in [5, 5.41) is 3.03. The Labute approximate surface area is 161 Å². The fraction of sp³-hybridized carbons (Fsp3) is 0.600. The van der Waals surface area contributed by atoms with E-state index in [0.717, 1.165) is 13.1 Å². The van der Waals surface area contributed by atoms with Gasteiger partial charge in [-0.1, -0.05) is 30.3 Å². The number of hydrogen-bond acceptors (Lipinski definition) is 5. The molecule has 150 valence electrons. The van der Waals surface area contributed by atoms with Crippen LogP contribution in [-0.4, -0.2) is 74.6 Å². The number of carbonyl (C=O) groups excluding carboxylic acids is 2. The van der Waals surface area contributed by atoms with Gasteiger partial charge in [0.15, 0.2) is 0 Å². The maximum atomic E-state index is 12.4. The quantitative estimate of drug-likeness (QED) is 0.653. The minimum absolute atomic E-state index is 0.0351. The Kier molecular flexibility index (Phi) is 8.71. The van der Waals surface area contributed by atoms with Crippen molar-refractivity contribution in [1.82, 2.24) is 15.1 Å². The molecule has 1 aromatic rings. The Morgan fingerprint density at radius 2 is 1.96 bits per heavy atom. The van der Waals surface area contributed by atoms with Crippen LogP contribution in [0, 0.1) is 5.92 Å². The van der Waals surface area contributed by atoms with Crippen molar-refractivity contribution in [2.24, 2.45) is 11.7 Å². The number of amides is 2. The van der Waals surface area contributed by atoms with E-state index in [-0.39, 0.29) is 24.3 Å². The van der Waals surface area contributed by atoms with Gasteiger partial charge in [0.25, 0.3) is 0 Å². The van der Waals surface area contributed by atoms with Crippen LogP contribution in [-0.2, 0) is 20.9 Å². The van der Waals surface area contributed by atoms with Crippen molar-refractivity contribution >= 4 is 11.8 Å². The van der Waals surface area contributed by atoms with E-state index in [1.807, 2.05) is 25.2 Å². The molecular weight excluding hydrogens is 344 g/mol. The zero-order valence-electron chi connectivity index (χ0n) is 16.4. The number of rotatable bonds is 9. The second-order valence-electron chi connectivity index (χ2n) is 7.18. The molecule has 2 rings (SSSR count). The number of piperidine rings is 1. The Hall–Kier alpha value is -1.96. The summed E-state index contributed by atoms with van der Waals surface area (Å²) in [5.74, 6) is -0.0539. The number of carbonyl (C=O) groups is 2. The standard InChI is InChI=1S/C20H32N4O3/c1-23(14-16-6-4-3-5-7-16)13-10-22-19(25)17-8-11-24(12-9-17)20(26)18(21)15-27-2/h3-7,17-18H,8-15,21H2,1-2H3,(H,22,25). The fourth-order valence-corrected chi connectivity index (χ4v) is 3.34. The lowest BCUT2D eigenvalue weighted by atomic mass is 9.95. The molecule has 1 fully saturated rings. The zero-order chi connectivity index (χ0) is 19.6. The Balaban J connectivity index is 1.65. The van der Waals surface area contributed by atoms with Crippen LogP contribution in [0.2, 0.25) is 0 Å². The third-order valence-electron chi connectivity index (χ3n) is 4.93. The molecule has 1 saturated heterocycles. The van der Waals surface area contributed by atoms with Crippen molar-refractivity contribution in [3.8, 4) is 0 Å². The zero-order valence-corrected chi connectivity index (χ0v) is 16.4. The molecule has 0 aromatic heterocycles. The number of ether oxygens (including phenoxy) is 1. The molecule has 0 saturated carbocycles. The average Bonchev–Trinajstić information content (AvgIpc) is 2.68. The molecule has 1 aliphatic heterocycles. The molecule has 1 aromatic carbocycles. The van der Waals surface area contributed by atoms with Crippen molar-refractivity contribution in [2.45, 2.75) is 25.4 Å². The van der Waals surface area contributed by atoms with E-state index >= 15 is 0 Å². The van der Waals surface area contributed by atoms with Crippen LogP contribution in [0.4, 0.5) is 0 Å². The average molecular weight is 377 g/mol. The SMILES string of the molecule is COCC(N)C(=O)N1CCC(C(=O)NCCN(C)Cc2ccccc2)CC1. The van der Waals surface area contributed by atoms with E-state index in [9.17, 15) is 9.59 Å². The maximum Gasteiger partial charge on any atom is 0.241 e. The van der Waals surface area contributed by atoms with Crippen LogP contribution < -0.4 is 11.1 Å². The van der Waals surface area contributed by atoms with Crippen LogP contribution in [0.1, 0.15) is 18.4 Å². The number of likely N-dealkylation sites (N-methyl/N-ethyl adjacent to an activating group) is 1.